The second-order valence-electron chi connectivity index (χ2n) is 6.50. The SMILES string of the molecule is Cl.Cl.NC1CCC(C(=O)Nc2cccc(NC(=O)NCc3ccncc3)c2)C1. The Bertz CT molecular complexity index is 776. The van der Waals surface area contributed by atoms with Crippen molar-refractivity contribution in [1.82, 2.24) is 10.3 Å². The molecule has 1 aromatic heterocycles. The van der Waals surface area contributed by atoms with Crippen molar-refractivity contribution in [1.29, 1.82) is 0 Å². The molecule has 28 heavy (non-hydrogen) atoms. The number of anilines is 2. The minimum atomic E-state index is -0.313. The second-order valence-corrected chi connectivity index (χ2v) is 6.50. The number of amides is 3. The number of halogens is 2. The fraction of sp³-hybridized carbons (Fsp3) is 0.316. The zero-order valence-electron chi connectivity index (χ0n) is 15.3. The lowest BCUT2D eigenvalue weighted by Crippen LogP contribution is -2.28. The molecule has 5 N–H and O–H groups in total. The maximum atomic E-state index is 12.3. The van der Waals surface area contributed by atoms with Gasteiger partial charge in [-0.15, -0.1) is 24.8 Å². The Morgan fingerprint density at radius 3 is 2.36 bits per heavy atom. The monoisotopic (exact) mass is 425 g/mol. The van der Waals surface area contributed by atoms with E-state index in [0.717, 1.165) is 24.8 Å². The number of benzene rings is 1. The summed E-state index contributed by atoms with van der Waals surface area (Å²) in [5.41, 5.74) is 8.10. The van der Waals surface area contributed by atoms with Crippen LogP contribution in [0.25, 0.3) is 0 Å². The van der Waals surface area contributed by atoms with Crippen LogP contribution in [0.15, 0.2) is 48.8 Å². The van der Waals surface area contributed by atoms with Gasteiger partial charge in [0.15, 0.2) is 0 Å². The van der Waals surface area contributed by atoms with Crippen LogP contribution < -0.4 is 21.7 Å². The standard InChI is InChI=1S/C19H23N5O2.2ClH/c20-15-5-4-14(10-15)18(25)23-16-2-1-3-17(11-16)24-19(26)22-12-13-6-8-21-9-7-13;;/h1-3,6-9,11,14-15H,4-5,10,12,20H2,(H,23,25)(H2,22,24,26);2*1H. The molecular formula is C19H25Cl2N5O2. The van der Waals surface area contributed by atoms with Crippen LogP contribution in [-0.2, 0) is 11.3 Å². The minimum Gasteiger partial charge on any atom is -0.334 e. The lowest BCUT2D eigenvalue weighted by molar-refractivity contribution is -0.119. The number of nitrogens with one attached hydrogen (secondary N) is 3. The van der Waals surface area contributed by atoms with Crippen LogP contribution in [0.3, 0.4) is 0 Å². The molecule has 2 unspecified atom stereocenters. The number of aromatic nitrogens is 1. The van der Waals surface area contributed by atoms with Crippen molar-refractivity contribution in [3.05, 3.63) is 54.4 Å². The van der Waals surface area contributed by atoms with Gasteiger partial charge in [-0.2, -0.15) is 0 Å². The number of hydrogen-bond acceptors (Lipinski definition) is 4. The maximum absolute atomic E-state index is 12.3. The number of nitrogens with two attached hydrogens (primary N) is 1. The number of pyridine rings is 1. The minimum absolute atomic E-state index is 0. The molecule has 0 radical (unpaired) electrons. The zero-order chi connectivity index (χ0) is 18.4. The topological polar surface area (TPSA) is 109 Å². The number of carbonyl (C=O) groups excluding carboxylic acids is 2. The summed E-state index contributed by atoms with van der Waals surface area (Å²) in [6, 6.07) is 10.6. The molecule has 3 amide bonds. The van der Waals surface area contributed by atoms with Gasteiger partial charge in [0.2, 0.25) is 5.91 Å². The molecule has 1 aromatic carbocycles. The van der Waals surface area contributed by atoms with Crippen LogP contribution in [0.5, 0.6) is 0 Å². The van der Waals surface area contributed by atoms with Gasteiger partial charge in [0.05, 0.1) is 0 Å². The molecule has 0 bridgehead atoms. The number of rotatable bonds is 5. The first kappa shape index (κ1) is 23.7. The van der Waals surface area contributed by atoms with E-state index in [1.165, 1.54) is 0 Å². The predicted octanol–water partition coefficient (Wildman–Crippen LogP) is 3.31. The lowest BCUT2D eigenvalue weighted by atomic mass is 10.1. The van der Waals surface area contributed by atoms with Crippen molar-refractivity contribution >= 4 is 48.1 Å². The molecule has 1 saturated carbocycles. The van der Waals surface area contributed by atoms with Gasteiger partial charge in [-0.05, 0) is 55.2 Å². The predicted molar refractivity (Wildman–Crippen MR) is 115 cm³/mol. The van der Waals surface area contributed by atoms with Crippen LogP contribution in [0.1, 0.15) is 24.8 Å². The largest absolute Gasteiger partial charge is 0.334 e. The number of nitrogens with zero attached hydrogens (tertiary/aromatic N) is 1. The normalized spacial score (nSPS) is 17.6. The van der Waals surface area contributed by atoms with E-state index in [2.05, 4.69) is 20.9 Å². The van der Waals surface area contributed by atoms with E-state index in [0.29, 0.717) is 17.9 Å². The Morgan fingerprint density at radius 1 is 1.04 bits per heavy atom. The molecule has 2 aromatic rings. The van der Waals surface area contributed by atoms with Crippen molar-refractivity contribution in [3.8, 4) is 0 Å². The highest BCUT2D eigenvalue weighted by Crippen LogP contribution is 2.26. The van der Waals surface area contributed by atoms with E-state index in [-0.39, 0.29) is 48.7 Å². The average Bonchev–Trinajstić information content (AvgIpc) is 3.08. The molecule has 1 aliphatic carbocycles. The van der Waals surface area contributed by atoms with Gasteiger partial charge < -0.3 is 21.7 Å². The van der Waals surface area contributed by atoms with Gasteiger partial charge in [-0.1, -0.05) is 6.07 Å². The summed E-state index contributed by atoms with van der Waals surface area (Å²) in [6.07, 6.45) is 5.79. The molecule has 7 nitrogen and oxygen atoms in total. The first-order chi connectivity index (χ1) is 12.6. The Labute approximate surface area is 176 Å². The van der Waals surface area contributed by atoms with Crippen LogP contribution in [0.2, 0.25) is 0 Å². The van der Waals surface area contributed by atoms with Crippen LogP contribution in [0, 0.1) is 5.92 Å². The maximum Gasteiger partial charge on any atom is 0.319 e. The van der Waals surface area contributed by atoms with Gasteiger partial charge in [0, 0.05) is 42.3 Å². The van der Waals surface area contributed by atoms with Crippen LogP contribution >= 0.6 is 24.8 Å². The Hall–Kier alpha value is -2.35. The van der Waals surface area contributed by atoms with Crippen LogP contribution in [-0.4, -0.2) is 23.0 Å². The van der Waals surface area contributed by atoms with E-state index >= 15 is 0 Å². The lowest BCUT2D eigenvalue weighted by Gasteiger charge is -2.12. The molecule has 152 valence electrons. The second kappa shape index (κ2) is 11.5. The summed E-state index contributed by atoms with van der Waals surface area (Å²) < 4.78 is 0. The molecule has 0 saturated heterocycles. The summed E-state index contributed by atoms with van der Waals surface area (Å²) >= 11 is 0. The molecule has 0 aliphatic heterocycles. The van der Waals surface area contributed by atoms with Gasteiger partial charge in [-0.3, -0.25) is 9.78 Å². The third-order valence-electron chi connectivity index (χ3n) is 4.43. The highest BCUT2D eigenvalue weighted by Gasteiger charge is 2.27. The van der Waals surface area contributed by atoms with E-state index in [4.69, 9.17) is 5.73 Å². The molecule has 1 heterocycles. The summed E-state index contributed by atoms with van der Waals surface area (Å²) in [4.78, 5) is 28.2. The fourth-order valence-electron chi connectivity index (χ4n) is 3.03. The molecule has 1 fully saturated rings. The third-order valence-corrected chi connectivity index (χ3v) is 4.43. The molecular weight excluding hydrogens is 401 g/mol. The Morgan fingerprint density at radius 2 is 1.71 bits per heavy atom. The smallest absolute Gasteiger partial charge is 0.319 e. The van der Waals surface area contributed by atoms with Crippen molar-refractivity contribution < 1.29 is 9.59 Å². The van der Waals surface area contributed by atoms with Crippen molar-refractivity contribution in [3.63, 3.8) is 0 Å². The van der Waals surface area contributed by atoms with Crippen molar-refractivity contribution in [2.75, 3.05) is 10.6 Å². The summed E-state index contributed by atoms with van der Waals surface area (Å²) in [5, 5.41) is 8.45. The molecule has 3 rings (SSSR count). The molecule has 2 atom stereocenters. The fourth-order valence-corrected chi connectivity index (χ4v) is 3.03. The van der Waals surface area contributed by atoms with Crippen LogP contribution in [0.4, 0.5) is 16.2 Å². The van der Waals surface area contributed by atoms with E-state index in [9.17, 15) is 9.59 Å². The first-order valence-corrected chi connectivity index (χ1v) is 8.70. The third kappa shape index (κ3) is 6.99. The summed E-state index contributed by atoms with van der Waals surface area (Å²) in [5.74, 6) is -0.0532. The van der Waals surface area contributed by atoms with E-state index < -0.39 is 0 Å². The summed E-state index contributed by atoms with van der Waals surface area (Å²) in [6.45, 7) is 0.409. The van der Waals surface area contributed by atoms with Gasteiger partial charge in [-0.25, -0.2) is 4.79 Å². The first-order valence-electron chi connectivity index (χ1n) is 8.70. The quantitative estimate of drug-likeness (QED) is 0.588. The molecule has 1 aliphatic rings. The Balaban J connectivity index is 0.00000196. The molecule has 9 heteroatoms. The number of urea groups is 1. The van der Waals surface area contributed by atoms with Gasteiger partial charge in [0.1, 0.15) is 0 Å². The van der Waals surface area contributed by atoms with Crippen molar-refractivity contribution in [2.45, 2.75) is 31.8 Å². The Kier molecular flexibility index (Phi) is 9.72. The summed E-state index contributed by atoms with van der Waals surface area (Å²) in [7, 11) is 0. The van der Waals surface area contributed by atoms with E-state index in [1.54, 1.807) is 36.7 Å². The van der Waals surface area contributed by atoms with E-state index in [1.807, 2.05) is 12.1 Å². The van der Waals surface area contributed by atoms with Gasteiger partial charge >= 0.3 is 6.03 Å². The number of carbonyl (C=O) groups is 2. The highest BCUT2D eigenvalue weighted by atomic mass is 35.5. The average molecular weight is 426 g/mol. The zero-order valence-corrected chi connectivity index (χ0v) is 16.9. The number of hydrogen-bond donors (Lipinski definition) is 4. The van der Waals surface area contributed by atoms with Crippen molar-refractivity contribution in [2.24, 2.45) is 11.7 Å². The highest BCUT2D eigenvalue weighted by molar-refractivity contribution is 5.94. The van der Waals surface area contributed by atoms with Gasteiger partial charge in [0.25, 0.3) is 0 Å². The molecule has 0 spiro atoms.